The first-order valence-corrected chi connectivity index (χ1v) is 8.88. The number of nitro benzene ring substituents is 1. The fourth-order valence-corrected chi connectivity index (χ4v) is 2.97. The molecule has 118 valence electrons. The van der Waals surface area contributed by atoms with Gasteiger partial charge >= 0.3 is 0 Å². The average Bonchev–Trinajstić information content (AvgIpc) is 2.39. The lowest BCUT2D eigenvalue weighted by atomic mass is 10.1. The molecule has 6 nitrogen and oxygen atoms in total. The summed E-state index contributed by atoms with van der Waals surface area (Å²) in [4.78, 5) is 9.81. The number of hydrogen-bond acceptors (Lipinski definition) is 5. The molecule has 0 N–H and O–H groups in total. The highest BCUT2D eigenvalue weighted by atomic mass is 35.7. The quantitative estimate of drug-likeness (QED) is 0.431. The lowest BCUT2D eigenvalue weighted by Crippen LogP contribution is -2.12. The van der Waals surface area contributed by atoms with Crippen molar-refractivity contribution in [2.75, 3.05) is 6.61 Å². The Morgan fingerprint density at radius 3 is 2.33 bits per heavy atom. The third-order valence-electron chi connectivity index (χ3n) is 3.32. The molecular formula is C13H18ClNO5S. The Morgan fingerprint density at radius 2 is 1.90 bits per heavy atom. The van der Waals surface area contributed by atoms with E-state index in [0.717, 1.165) is 18.9 Å². The molecule has 0 amide bonds. The minimum atomic E-state index is -4.13. The van der Waals surface area contributed by atoms with Crippen molar-refractivity contribution in [1.29, 1.82) is 0 Å². The van der Waals surface area contributed by atoms with Crippen molar-refractivity contribution in [3.05, 3.63) is 27.8 Å². The van der Waals surface area contributed by atoms with Crippen molar-refractivity contribution in [2.45, 2.75) is 38.5 Å². The van der Waals surface area contributed by atoms with Crippen LogP contribution < -0.4 is 4.74 Å². The molecule has 8 heteroatoms. The van der Waals surface area contributed by atoms with E-state index in [1.54, 1.807) is 6.92 Å². The Bertz CT molecular complexity index is 626. The lowest BCUT2D eigenvalue weighted by Gasteiger charge is -2.17. The number of benzene rings is 1. The van der Waals surface area contributed by atoms with Crippen LogP contribution in [0.1, 0.15) is 32.3 Å². The fraction of sp³-hybridized carbons (Fsp3) is 0.538. The largest absolute Gasteiger partial charge is 0.492 e. The second-order valence-corrected chi connectivity index (χ2v) is 7.31. The summed E-state index contributed by atoms with van der Waals surface area (Å²) in [6, 6.07) is 2.20. The second kappa shape index (κ2) is 7.09. The Hall–Kier alpha value is -1.34. The molecule has 0 unspecified atom stereocenters. The SMILES string of the molecule is CCC(CC)COc1c(C)cc([N+](=O)[O-])cc1S(=O)(=O)Cl. The molecule has 1 rings (SSSR count). The first-order chi connectivity index (χ1) is 9.70. The summed E-state index contributed by atoms with van der Waals surface area (Å²) >= 11 is 0. The monoisotopic (exact) mass is 335 g/mol. The lowest BCUT2D eigenvalue weighted by molar-refractivity contribution is -0.385. The second-order valence-electron chi connectivity index (χ2n) is 4.78. The van der Waals surface area contributed by atoms with Crippen LogP contribution in [0.3, 0.4) is 0 Å². The van der Waals surface area contributed by atoms with Crippen molar-refractivity contribution in [1.82, 2.24) is 0 Å². The molecule has 0 aliphatic rings. The first-order valence-electron chi connectivity index (χ1n) is 6.57. The highest BCUT2D eigenvalue weighted by Crippen LogP contribution is 2.34. The van der Waals surface area contributed by atoms with Crippen molar-refractivity contribution >= 4 is 25.4 Å². The van der Waals surface area contributed by atoms with E-state index in [1.165, 1.54) is 6.07 Å². The van der Waals surface area contributed by atoms with Gasteiger partial charge in [0.1, 0.15) is 10.6 Å². The maximum atomic E-state index is 11.6. The molecule has 0 fully saturated rings. The van der Waals surface area contributed by atoms with Crippen LogP contribution in [0.2, 0.25) is 0 Å². The van der Waals surface area contributed by atoms with Gasteiger partial charge in [0, 0.05) is 22.8 Å². The highest BCUT2D eigenvalue weighted by Gasteiger charge is 2.24. The summed E-state index contributed by atoms with van der Waals surface area (Å²) in [5.74, 6) is 0.368. The molecule has 0 heterocycles. The van der Waals surface area contributed by atoms with Crippen molar-refractivity contribution in [3.63, 3.8) is 0 Å². The zero-order valence-electron chi connectivity index (χ0n) is 12.1. The van der Waals surface area contributed by atoms with Gasteiger partial charge in [-0.15, -0.1) is 0 Å². The molecule has 0 radical (unpaired) electrons. The van der Waals surface area contributed by atoms with Crippen molar-refractivity contribution in [3.8, 4) is 5.75 Å². The number of nitrogens with zero attached hydrogens (tertiary/aromatic N) is 1. The summed E-state index contributed by atoms with van der Waals surface area (Å²) in [6.45, 7) is 5.92. The van der Waals surface area contributed by atoms with Crippen molar-refractivity contribution < 1.29 is 18.1 Å². The number of nitro groups is 1. The van der Waals surface area contributed by atoms with Crippen LogP contribution in [0.15, 0.2) is 17.0 Å². The zero-order valence-corrected chi connectivity index (χ0v) is 13.7. The molecule has 0 saturated heterocycles. The highest BCUT2D eigenvalue weighted by molar-refractivity contribution is 8.13. The van der Waals surface area contributed by atoms with E-state index in [4.69, 9.17) is 15.4 Å². The molecular weight excluding hydrogens is 318 g/mol. The van der Waals surface area contributed by atoms with E-state index in [2.05, 4.69) is 0 Å². The van der Waals surface area contributed by atoms with Gasteiger partial charge in [-0.1, -0.05) is 26.7 Å². The summed E-state index contributed by atoms with van der Waals surface area (Å²) in [5, 5.41) is 10.8. The van der Waals surface area contributed by atoms with E-state index < -0.39 is 14.0 Å². The minimum Gasteiger partial charge on any atom is -0.492 e. The maximum Gasteiger partial charge on any atom is 0.271 e. The standard InChI is InChI=1S/C13H18ClNO5S/c1-4-10(5-2)8-20-13-9(3)6-11(15(16)17)7-12(13)21(14,18)19/h6-7,10H,4-5,8H2,1-3H3. The first kappa shape index (κ1) is 17.7. The van der Waals surface area contributed by atoms with Crippen LogP contribution in [0.4, 0.5) is 5.69 Å². The number of ether oxygens (including phenoxy) is 1. The van der Waals surface area contributed by atoms with Crippen LogP contribution in [0.25, 0.3) is 0 Å². The predicted octanol–water partition coefficient (Wildman–Crippen LogP) is 3.65. The fourth-order valence-electron chi connectivity index (χ4n) is 1.92. The molecule has 0 atom stereocenters. The number of hydrogen-bond donors (Lipinski definition) is 0. The van der Waals surface area contributed by atoms with E-state index in [9.17, 15) is 18.5 Å². The number of rotatable bonds is 7. The Kier molecular flexibility index (Phi) is 5.98. The Labute approximate surface area is 128 Å². The molecule has 0 bridgehead atoms. The van der Waals surface area contributed by atoms with Gasteiger partial charge in [-0.3, -0.25) is 10.1 Å². The van der Waals surface area contributed by atoms with Gasteiger partial charge in [0.05, 0.1) is 11.5 Å². The van der Waals surface area contributed by atoms with E-state index in [1.807, 2.05) is 13.8 Å². The van der Waals surface area contributed by atoms with Crippen LogP contribution >= 0.6 is 10.7 Å². The zero-order chi connectivity index (χ0) is 16.2. The van der Waals surface area contributed by atoms with Gasteiger partial charge in [-0.25, -0.2) is 8.42 Å². The van der Waals surface area contributed by atoms with Crippen LogP contribution in [-0.4, -0.2) is 19.9 Å². The van der Waals surface area contributed by atoms with E-state index in [-0.39, 0.29) is 22.3 Å². The van der Waals surface area contributed by atoms with Crippen LogP contribution in [0.5, 0.6) is 5.75 Å². The Balaban J connectivity index is 3.27. The summed E-state index contributed by atoms with van der Waals surface area (Å²) in [6.07, 6.45) is 1.79. The summed E-state index contributed by atoms with van der Waals surface area (Å²) < 4.78 is 28.8. The molecule has 0 aliphatic carbocycles. The Morgan fingerprint density at radius 1 is 1.33 bits per heavy atom. The molecule has 0 saturated carbocycles. The third-order valence-corrected chi connectivity index (χ3v) is 4.64. The normalized spacial score (nSPS) is 11.7. The summed E-state index contributed by atoms with van der Waals surface area (Å²) in [7, 11) is 1.23. The van der Waals surface area contributed by atoms with Gasteiger partial charge in [-0.2, -0.15) is 0 Å². The third kappa shape index (κ3) is 4.57. The average molecular weight is 336 g/mol. The molecule has 0 spiro atoms. The number of non-ortho nitro benzene ring substituents is 1. The van der Waals surface area contributed by atoms with Gasteiger partial charge < -0.3 is 4.74 Å². The van der Waals surface area contributed by atoms with E-state index in [0.29, 0.717) is 12.2 Å². The summed E-state index contributed by atoms with van der Waals surface area (Å²) in [5.41, 5.74) is 0.0380. The van der Waals surface area contributed by atoms with Crippen LogP contribution in [0, 0.1) is 23.0 Å². The molecule has 0 aromatic heterocycles. The smallest absolute Gasteiger partial charge is 0.271 e. The maximum absolute atomic E-state index is 11.6. The minimum absolute atomic E-state index is 0.0856. The molecule has 1 aromatic carbocycles. The topological polar surface area (TPSA) is 86.5 Å². The van der Waals surface area contributed by atoms with E-state index >= 15 is 0 Å². The van der Waals surface area contributed by atoms with Gasteiger partial charge in [0.25, 0.3) is 14.7 Å². The number of halogens is 1. The molecule has 21 heavy (non-hydrogen) atoms. The van der Waals surface area contributed by atoms with Gasteiger partial charge in [-0.05, 0) is 18.4 Å². The van der Waals surface area contributed by atoms with Crippen LogP contribution in [-0.2, 0) is 9.05 Å². The van der Waals surface area contributed by atoms with Crippen molar-refractivity contribution in [2.24, 2.45) is 5.92 Å². The predicted molar refractivity (Wildman–Crippen MR) is 80.4 cm³/mol. The van der Waals surface area contributed by atoms with Gasteiger partial charge in [0.2, 0.25) is 0 Å². The number of aryl methyl sites for hydroxylation is 1. The van der Waals surface area contributed by atoms with Gasteiger partial charge in [0.15, 0.2) is 0 Å². The molecule has 1 aromatic rings. The molecule has 0 aliphatic heterocycles.